The average molecular weight is 479 g/mol. The third kappa shape index (κ3) is 5.75. The van der Waals surface area contributed by atoms with Crippen molar-refractivity contribution in [1.29, 1.82) is 0 Å². The number of hydrogen-bond donors (Lipinski definition) is 2. The number of nitro benzene ring substituents is 1. The highest BCUT2D eigenvalue weighted by atomic mass is 16.6. The van der Waals surface area contributed by atoms with E-state index in [-0.39, 0.29) is 35.8 Å². The highest BCUT2D eigenvalue weighted by molar-refractivity contribution is 6.00. The zero-order valence-corrected chi connectivity index (χ0v) is 19.6. The van der Waals surface area contributed by atoms with Crippen molar-refractivity contribution in [2.45, 2.75) is 26.7 Å². The van der Waals surface area contributed by atoms with Gasteiger partial charge in [0.05, 0.1) is 35.2 Å². The largest absolute Gasteiger partial charge is 0.508 e. The summed E-state index contributed by atoms with van der Waals surface area (Å²) < 4.78 is 10.6. The highest BCUT2D eigenvalue weighted by Gasteiger charge is 2.39. The molecule has 0 amide bonds. The van der Waals surface area contributed by atoms with Crippen LogP contribution in [0.2, 0.25) is 0 Å². The summed E-state index contributed by atoms with van der Waals surface area (Å²) in [6.45, 7) is 5.21. The SMILES string of the molecule is CCOC(=O)C1=C(C)NC(/C=C/c2ccc(O)cc2)=C(C(=O)OCC)C1c1cccc([N+](=O)[O-])c1. The van der Waals surface area contributed by atoms with Crippen molar-refractivity contribution in [3.63, 3.8) is 0 Å². The molecule has 35 heavy (non-hydrogen) atoms. The molecule has 0 fully saturated rings. The lowest BCUT2D eigenvalue weighted by molar-refractivity contribution is -0.384. The maximum absolute atomic E-state index is 13.2. The number of rotatable bonds is 8. The number of nitro groups is 1. The Bertz CT molecular complexity index is 1230. The minimum absolute atomic E-state index is 0.0936. The van der Waals surface area contributed by atoms with Crippen molar-refractivity contribution < 1.29 is 29.1 Å². The number of nitrogens with one attached hydrogen (secondary N) is 1. The van der Waals surface area contributed by atoms with E-state index in [1.807, 2.05) is 0 Å². The van der Waals surface area contributed by atoms with Gasteiger partial charge in [0.15, 0.2) is 0 Å². The second-order valence-electron chi connectivity index (χ2n) is 7.64. The van der Waals surface area contributed by atoms with E-state index in [1.165, 1.54) is 30.3 Å². The molecule has 1 heterocycles. The van der Waals surface area contributed by atoms with E-state index in [1.54, 1.807) is 51.1 Å². The number of non-ortho nitro benzene ring substituents is 1. The van der Waals surface area contributed by atoms with Crippen molar-refractivity contribution in [1.82, 2.24) is 5.32 Å². The summed E-state index contributed by atoms with van der Waals surface area (Å²) >= 11 is 0. The topological polar surface area (TPSA) is 128 Å². The van der Waals surface area contributed by atoms with Gasteiger partial charge in [-0.1, -0.05) is 30.3 Å². The number of aromatic hydroxyl groups is 1. The molecule has 0 saturated heterocycles. The van der Waals surface area contributed by atoms with E-state index >= 15 is 0 Å². The van der Waals surface area contributed by atoms with Gasteiger partial charge in [0, 0.05) is 23.5 Å². The summed E-state index contributed by atoms with van der Waals surface area (Å²) in [5.74, 6) is -2.16. The van der Waals surface area contributed by atoms with Crippen molar-refractivity contribution in [3.8, 4) is 5.75 Å². The first-order chi connectivity index (χ1) is 16.8. The van der Waals surface area contributed by atoms with Crippen molar-refractivity contribution in [3.05, 3.63) is 98.4 Å². The van der Waals surface area contributed by atoms with Gasteiger partial charge in [-0.25, -0.2) is 9.59 Å². The van der Waals surface area contributed by atoms with Crippen molar-refractivity contribution >= 4 is 23.7 Å². The lowest BCUT2D eigenvalue weighted by Crippen LogP contribution is -2.33. The Morgan fingerprint density at radius 3 is 2.26 bits per heavy atom. The number of ether oxygens (including phenoxy) is 2. The standard InChI is InChI=1S/C26H26N2O7/c1-4-34-25(30)22-16(3)27-21(14-11-17-9-12-20(29)13-10-17)24(26(31)35-5-2)23(22)18-7-6-8-19(15-18)28(32)33/h6-15,23,27,29H,4-5H2,1-3H3/b14-11+. The van der Waals surface area contributed by atoms with Crippen LogP contribution in [0.5, 0.6) is 5.75 Å². The van der Waals surface area contributed by atoms with Crippen molar-refractivity contribution in [2.75, 3.05) is 13.2 Å². The zero-order chi connectivity index (χ0) is 25.5. The molecule has 0 saturated carbocycles. The van der Waals surface area contributed by atoms with Crippen LogP contribution in [0.15, 0.2) is 77.1 Å². The molecule has 0 radical (unpaired) electrons. The van der Waals surface area contributed by atoms with Crippen LogP contribution in [-0.4, -0.2) is 35.2 Å². The third-order valence-electron chi connectivity index (χ3n) is 5.33. The fraction of sp³-hybridized carbons (Fsp3) is 0.231. The van der Waals surface area contributed by atoms with Crippen LogP contribution in [0.4, 0.5) is 5.69 Å². The highest BCUT2D eigenvalue weighted by Crippen LogP contribution is 2.40. The maximum Gasteiger partial charge on any atom is 0.337 e. The van der Waals surface area contributed by atoms with E-state index in [0.717, 1.165) is 5.56 Å². The molecular weight excluding hydrogens is 452 g/mol. The molecule has 9 heteroatoms. The summed E-state index contributed by atoms with van der Waals surface area (Å²) in [6.07, 6.45) is 3.39. The second-order valence-corrected chi connectivity index (χ2v) is 7.64. The molecule has 1 aliphatic heterocycles. The number of phenols is 1. The molecule has 1 atom stereocenters. The lowest BCUT2D eigenvalue weighted by Gasteiger charge is -2.30. The van der Waals surface area contributed by atoms with Gasteiger partial charge in [-0.3, -0.25) is 10.1 Å². The summed E-state index contributed by atoms with van der Waals surface area (Å²) in [7, 11) is 0. The number of allylic oxidation sites excluding steroid dienone is 2. The Morgan fingerprint density at radius 2 is 1.66 bits per heavy atom. The number of carbonyl (C=O) groups is 2. The van der Waals surface area contributed by atoms with Crippen LogP contribution in [-0.2, 0) is 19.1 Å². The number of benzene rings is 2. The van der Waals surface area contributed by atoms with Crippen LogP contribution in [0.3, 0.4) is 0 Å². The number of carbonyl (C=O) groups excluding carboxylic acids is 2. The quantitative estimate of drug-likeness (QED) is 0.325. The summed E-state index contributed by atoms with van der Waals surface area (Å²) in [5.41, 5.74) is 2.06. The van der Waals surface area contributed by atoms with Gasteiger partial charge in [0.25, 0.3) is 5.69 Å². The molecule has 2 N–H and O–H groups in total. The third-order valence-corrected chi connectivity index (χ3v) is 5.33. The molecule has 0 aliphatic carbocycles. The normalized spacial score (nSPS) is 15.7. The number of esters is 2. The van der Waals surface area contributed by atoms with E-state index < -0.39 is 22.8 Å². The number of hydrogen-bond acceptors (Lipinski definition) is 8. The van der Waals surface area contributed by atoms with Crippen LogP contribution < -0.4 is 5.32 Å². The molecule has 9 nitrogen and oxygen atoms in total. The van der Waals surface area contributed by atoms with E-state index in [9.17, 15) is 24.8 Å². The van der Waals surface area contributed by atoms with E-state index in [0.29, 0.717) is 17.0 Å². The minimum Gasteiger partial charge on any atom is -0.508 e. The van der Waals surface area contributed by atoms with Gasteiger partial charge in [-0.15, -0.1) is 0 Å². The molecule has 1 unspecified atom stereocenters. The Hall–Kier alpha value is -4.40. The van der Waals surface area contributed by atoms with Crippen LogP contribution in [0.1, 0.15) is 37.8 Å². The van der Waals surface area contributed by atoms with Gasteiger partial charge in [0.1, 0.15) is 5.75 Å². The number of nitrogens with zero attached hydrogens (tertiary/aromatic N) is 1. The van der Waals surface area contributed by atoms with Crippen LogP contribution in [0.25, 0.3) is 6.08 Å². The predicted molar refractivity (Wildman–Crippen MR) is 129 cm³/mol. The molecule has 3 rings (SSSR count). The fourth-order valence-electron chi connectivity index (χ4n) is 3.82. The molecule has 182 valence electrons. The Morgan fingerprint density at radius 1 is 1.03 bits per heavy atom. The molecule has 1 aliphatic rings. The van der Waals surface area contributed by atoms with E-state index in [2.05, 4.69) is 5.32 Å². The van der Waals surface area contributed by atoms with Crippen LogP contribution in [0, 0.1) is 10.1 Å². The van der Waals surface area contributed by atoms with Gasteiger partial charge >= 0.3 is 11.9 Å². The van der Waals surface area contributed by atoms with E-state index in [4.69, 9.17) is 9.47 Å². The van der Waals surface area contributed by atoms with Crippen LogP contribution >= 0.6 is 0 Å². The molecule has 2 aromatic rings. The van der Waals surface area contributed by atoms with Gasteiger partial charge in [-0.2, -0.15) is 0 Å². The summed E-state index contributed by atoms with van der Waals surface area (Å²) in [6, 6.07) is 12.3. The Kier molecular flexibility index (Phi) is 8.04. The number of phenolic OH excluding ortho intramolecular Hbond substituents is 1. The van der Waals surface area contributed by atoms with Gasteiger partial charge in [0.2, 0.25) is 0 Å². The average Bonchev–Trinajstić information content (AvgIpc) is 2.83. The molecular formula is C26H26N2O7. The summed E-state index contributed by atoms with van der Waals surface area (Å²) in [5, 5.41) is 24.1. The second kappa shape index (κ2) is 11.1. The number of dihydropyridines is 1. The maximum atomic E-state index is 13.2. The molecule has 0 bridgehead atoms. The predicted octanol–water partition coefficient (Wildman–Crippen LogP) is 4.35. The smallest absolute Gasteiger partial charge is 0.337 e. The Balaban J connectivity index is 2.23. The Labute approximate surface area is 202 Å². The molecule has 2 aromatic carbocycles. The van der Waals surface area contributed by atoms with Gasteiger partial charge in [-0.05, 0) is 50.1 Å². The summed E-state index contributed by atoms with van der Waals surface area (Å²) in [4.78, 5) is 37.1. The van der Waals surface area contributed by atoms with Crippen molar-refractivity contribution in [2.24, 2.45) is 0 Å². The first-order valence-electron chi connectivity index (χ1n) is 11.0. The lowest BCUT2D eigenvalue weighted by atomic mass is 9.80. The first-order valence-corrected chi connectivity index (χ1v) is 11.0. The molecule has 0 aromatic heterocycles. The monoisotopic (exact) mass is 478 g/mol. The molecule has 0 spiro atoms. The minimum atomic E-state index is -0.964. The first kappa shape index (κ1) is 25.2. The fourth-order valence-corrected chi connectivity index (χ4v) is 3.82. The van der Waals surface area contributed by atoms with Gasteiger partial charge < -0.3 is 19.9 Å². The zero-order valence-electron chi connectivity index (χ0n) is 19.6.